The number of rotatable bonds is 4. The molecular weight excluding hydrogens is 396 g/mol. The van der Waals surface area contributed by atoms with Gasteiger partial charge in [-0.05, 0) is 93.1 Å². The molecule has 162 valence electrons. The Kier molecular flexibility index (Phi) is 5.47. The standard InChI is InChI=1S/C28H28N2O2/c1-16-7-12-24(21(6)13-16)30-27(31)25(22-10-8-17(2)19(4)14-22)26(28(30)32)29-23-11-9-18(3)20(5)15-23/h7-15,29H,1-6H3. The highest BCUT2D eigenvalue weighted by molar-refractivity contribution is 6.46. The van der Waals surface area contributed by atoms with Crippen LogP contribution in [0.2, 0.25) is 0 Å². The number of carbonyl (C=O) groups is 2. The summed E-state index contributed by atoms with van der Waals surface area (Å²) in [7, 11) is 0. The van der Waals surface area contributed by atoms with Crippen LogP contribution in [0.4, 0.5) is 11.4 Å². The fourth-order valence-corrected chi connectivity index (χ4v) is 4.05. The Morgan fingerprint density at radius 3 is 1.91 bits per heavy atom. The molecule has 32 heavy (non-hydrogen) atoms. The van der Waals surface area contributed by atoms with Crippen molar-refractivity contribution in [2.45, 2.75) is 41.5 Å². The highest BCUT2D eigenvalue weighted by Gasteiger charge is 2.40. The molecule has 0 saturated carbocycles. The van der Waals surface area contributed by atoms with Crippen LogP contribution in [0.15, 0.2) is 60.3 Å². The van der Waals surface area contributed by atoms with Gasteiger partial charge in [-0.15, -0.1) is 0 Å². The molecule has 0 unspecified atom stereocenters. The first-order chi connectivity index (χ1) is 15.2. The number of nitrogens with zero attached hydrogens (tertiary/aromatic N) is 1. The first-order valence-electron chi connectivity index (χ1n) is 10.8. The first kappa shape index (κ1) is 21.6. The van der Waals surface area contributed by atoms with E-state index >= 15 is 0 Å². The quantitative estimate of drug-likeness (QED) is 0.528. The molecule has 2 amide bonds. The second-order valence-corrected chi connectivity index (χ2v) is 8.71. The Bertz CT molecular complexity index is 1300. The lowest BCUT2D eigenvalue weighted by atomic mass is 9.99. The molecule has 0 radical (unpaired) electrons. The Labute approximate surface area is 189 Å². The van der Waals surface area contributed by atoms with Crippen LogP contribution in [-0.4, -0.2) is 11.8 Å². The summed E-state index contributed by atoms with van der Waals surface area (Å²) < 4.78 is 0. The summed E-state index contributed by atoms with van der Waals surface area (Å²) in [4.78, 5) is 28.6. The molecule has 0 aromatic heterocycles. The summed E-state index contributed by atoms with van der Waals surface area (Å²) in [6.07, 6.45) is 0. The van der Waals surface area contributed by atoms with Crippen molar-refractivity contribution in [1.82, 2.24) is 0 Å². The van der Waals surface area contributed by atoms with E-state index in [1.807, 2.05) is 96.1 Å². The average Bonchev–Trinajstić information content (AvgIpc) is 2.97. The molecule has 0 fully saturated rings. The number of hydrogen-bond acceptors (Lipinski definition) is 3. The minimum atomic E-state index is -0.339. The van der Waals surface area contributed by atoms with Gasteiger partial charge in [0.25, 0.3) is 11.8 Å². The molecule has 1 heterocycles. The number of imide groups is 1. The fourth-order valence-electron chi connectivity index (χ4n) is 4.05. The minimum absolute atomic E-state index is 0.307. The smallest absolute Gasteiger partial charge is 0.282 e. The molecule has 0 aliphatic carbocycles. The molecule has 0 spiro atoms. The third-order valence-electron chi connectivity index (χ3n) is 6.25. The van der Waals surface area contributed by atoms with Crippen molar-refractivity contribution in [2.24, 2.45) is 0 Å². The fraction of sp³-hybridized carbons (Fsp3) is 0.214. The van der Waals surface area contributed by atoms with Gasteiger partial charge in [-0.3, -0.25) is 9.59 Å². The summed E-state index contributed by atoms with van der Waals surface area (Å²) in [5, 5.41) is 3.27. The van der Waals surface area contributed by atoms with Gasteiger partial charge < -0.3 is 5.32 Å². The van der Waals surface area contributed by atoms with Crippen LogP contribution < -0.4 is 10.2 Å². The van der Waals surface area contributed by atoms with Crippen LogP contribution >= 0.6 is 0 Å². The van der Waals surface area contributed by atoms with Gasteiger partial charge >= 0.3 is 0 Å². The van der Waals surface area contributed by atoms with Crippen molar-refractivity contribution in [3.05, 3.63) is 99.2 Å². The lowest BCUT2D eigenvalue weighted by molar-refractivity contribution is -0.120. The van der Waals surface area contributed by atoms with Crippen molar-refractivity contribution in [1.29, 1.82) is 0 Å². The van der Waals surface area contributed by atoms with E-state index in [1.165, 1.54) is 10.5 Å². The summed E-state index contributed by atoms with van der Waals surface area (Å²) >= 11 is 0. The highest BCUT2D eigenvalue weighted by atomic mass is 16.2. The summed E-state index contributed by atoms with van der Waals surface area (Å²) in [5.74, 6) is -0.648. The van der Waals surface area contributed by atoms with Gasteiger partial charge in [0.05, 0.1) is 11.3 Å². The monoisotopic (exact) mass is 424 g/mol. The lowest BCUT2D eigenvalue weighted by Crippen LogP contribution is -2.33. The van der Waals surface area contributed by atoms with Crippen LogP contribution in [0, 0.1) is 41.5 Å². The minimum Gasteiger partial charge on any atom is -0.350 e. The van der Waals surface area contributed by atoms with Crippen LogP contribution in [0.25, 0.3) is 5.57 Å². The molecule has 0 saturated heterocycles. The number of aryl methyl sites for hydroxylation is 6. The molecule has 4 nitrogen and oxygen atoms in total. The van der Waals surface area contributed by atoms with Gasteiger partial charge in [0.15, 0.2) is 0 Å². The zero-order valence-corrected chi connectivity index (χ0v) is 19.5. The molecule has 1 aliphatic rings. The van der Waals surface area contributed by atoms with Crippen LogP contribution in [0.5, 0.6) is 0 Å². The number of benzene rings is 3. The predicted molar refractivity (Wildman–Crippen MR) is 131 cm³/mol. The second-order valence-electron chi connectivity index (χ2n) is 8.71. The van der Waals surface area contributed by atoms with E-state index in [1.54, 1.807) is 0 Å². The Hall–Kier alpha value is -3.66. The Morgan fingerprint density at radius 1 is 0.625 bits per heavy atom. The maximum Gasteiger partial charge on any atom is 0.282 e. The van der Waals surface area contributed by atoms with E-state index in [9.17, 15) is 9.59 Å². The molecule has 0 bridgehead atoms. The molecule has 1 N–H and O–H groups in total. The molecular formula is C28H28N2O2. The van der Waals surface area contributed by atoms with Crippen LogP contribution in [0.1, 0.15) is 38.9 Å². The maximum atomic E-state index is 13.7. The van der Waals surface area contributed by atoms with Crippen molar-refractivity contribution in [3.63, 3.8) is 0 Å². The Balaban J connectivity index is 1.87. The summed E-state index contributed by atoms with van der Waals surface area (Å²) in [6.45, 7) is 12.0. The lowest BCUT2D eigenvalue weighted by Gasteiger charge is -2.18. The van der Waals surface area contributed by atoms with E-state index in [0.29, 0.717) is 17.0 Å². The van der Waals surface area contributed by atoms with Gasteiger partial charge in [0.1, 0.15) is 5.70 Å². The highest BCUT2D eigenvalue weighted by Crippen LogP contribution is 2.36. The third-order valence-corrected chi connectivity index (χ3v) is 6.25. The first-order valence-corrected chi connectivity index (χ1v) is 10.8. The molecule has 0 atom stereocenters. The largest absolute Gasteiger partial charge is 0.350 e. The van der Waals surface area contributed by atoms with E-state index in [-0.39, 0.29) is 11.8 Å². The number of amides is 2. The molecule has 4 heteroatoms. The summed E-state index contributed by atoms with van der Waals surface area (Å²) in [5.41, 5.74) is 9.32. The van der Waals surface area contributed by atoms with E-state index in [4.69, 9.17) is 0 Å². The van der Waals surface area contributed by atoms with Crippen LogP contribution in [0.3, 0.4) is 0 Å². The second kappa shape index (κ2) is 8.12. The van der Waals surface area contributed by atoms with Gasteiger partial charge in [-0.1, -0.05) is 42.0 Å². The topological polar surface area (TPSA) is 49.4 Å². The van der Waals surface area contributed by atoms with Gasteiger partial charge in [-0.2, -0.15) is 0 Å². The zero-order chi connectivity index (χ0) is 23.2. The third kappa shape index (κ3) is 3.73. The normalized spacial score (nSPS) is 13.9. The van der Waals surface area contributed by atoms with Gasteiger partial charge in [0, 0.05) is 5.69 Å². The van der Waals surface area contributed by atoms with Crippen LogP contribution in [-0.2, 0) is 9.59 Å². The Morgan fingerprint density at radius 2 is 1.28 bits per heavy atom. The molecule has 4 rings (SSSR count). The molecule has 3 aromatic rings. The van der Waals surface area contributed by atoms with Crippen molar-refractivity contribution < 1.29 is 9.59 Å². The average molecular weight is 425 g/mol. The van der Waals surface area contributed by atoms with Crippen molar-refractivity contribution in [3.8, 4) is 0 Å². The predicted octanol–water partition coefficient (Wildman–Crippen LogP) is 5.93. The zero-order valence-electron chi connectivity index (χ0n) is 19.5. The van der Waals surface area contributed by atoms with E-state index in [2.05, 4.69) is 5.32 Å². The van der Waals surface area contributed by atoms with E-state index < -0.39 is 0 Å². The van der Waals surface area contributed by atoms with Crippen molar-refractivity contribution >= 4 is 28.8 Å². The molecule has 3 aromatic carbocycles. The van der Waals surface area contributed by atoms with E-state index in [0.717, 1.165) is 39.1 Å². The number of hydrogen-bond donors (Lipinski definition) is 1. The number of carbonyl (C=O) groups excluding carboxylic acids is 2. The molecule has 1 aliphatic heterocycles. The van der Waals surface area contributed by atoms with Gasteiger partial charge in [0.2, 0.25) is 0 Å². The summed E-state index contributed by atoms with van der Waals surface area (Å²) in [6, 6.07) is 17.6. The van der Waals surface area contributed by atoms with Crippen molar-refractivity contribution in [2.75, 3.05) is 10.2 Å². The number of nitrogens with one attached hydrogen (secondary N) is 1. The van der Waals surface area contributed by atoms with Gasteiger partial charge in [-0.25, -0.2) is 4.90 Å². The maximum absolute atomic E-state index is 13.7. The SMILES string of the molecule is Cc1ccc(N2C(=O)C(Nc3ccc(C)c(C)c3)=C(c3ccc(C)c(C)c3)C2=O)c(C)c1. The number of anilines is 2.